The zero-order valence-corrected chi connectivity index (χ0v) is 14.1. The smallest absolute Gasteiger partial charge is 0.255 e. The summed E-state index contributed by atoms with van der Waals surface area (Å²) in [6.45, 7) is 4.77. The number of fused-ring (bicyclic) bond motifs is 1. The summed E-state index contributed by atoms with van der Waals surface area (Å²) in [5.74, 6) is 0.315. The van der Waals surface area contributed by atoms with Gasteiger partial charge in [0.1, 0.15) is 0 Å². The van der Waals surface area contributed by atoms with Crippen molar-refractivity contribution in [2.24, 2.45) is 0 Å². The van der Waals surface area contributed by atoms with Crippen molar-refractivity contribution in [2.45, 2.75) is 45.4 Å². The average Bonchev–Trinajstić information content (AvgIpc) is 2.88. The lowest BCUT2D eigenvalue weighted by Gasteiger charge is -2.22. The largest absolute Gasteiger partial charge is 0.341 e. The molecule has 5 heteroatoms. The van der Waals surface area contributed by atoms with Gasteiger partial charge in [-0.1, -0.05) is 6.92 Å². The minimum Gasteiger partial charge on any atom is -0.341 e. The number of thiophene rings is 1. The Morgan fingerprint density at radius 2 is 2.00 bits per heavy atom. The maximum Gasteiger partial charge on any atom is 0.255 e. The predicted molar refractivity (Wildman–Crippen MR) is 88.4 cm³/mol. The fraction of sp³-hybridized carbons (Fsp3) is 0.647. The molecule has 1 aliphatic carbocycles. The summed E-state index contributed by atoms with van der Waals surface area (Å²) in [6, 6.07) is 0. The molecule has 120 valence electrons. The fourth-order valence-electron chi connectivity index (χ4n) is 3.42. The number of hydrogen-bond acceptors (Lipinski definition) is 3. The van der Waals surface area contributed by atoms with Gasteiger partial charge in [-0.25, -0.2) is 0 Å². The van der Waals surface area contributed by atoms with Crippen LogP contribution in [0, 0.1) is 0 Å². The van der Waals surface area contributed by atoms with Gasteiger partial charge in [0, 0.05) is 42.9 Å². The van der Waals surface area contributed by atoms with Crippen LogP contribution in [0.5, 0.6) is 0 Å². The van der Waals surface area contributed by atoms with E-state index in [0.29, 0.717) is 26.1 Å². The molecular weight excluding hydrogens is 296 g/mol. The van der Waals surface area contributed by atoms with Gasteiger partial charge in [0.25, 0.3) is 5.91 Å². The topological polar surface area (TPSA) is 40.6 Å². The summed E-state index contributed by atoms with van der Waals surface area (Å²) >= 11 is 1.73. The maximum atomic E-state index is 12.9. The van der Waals surface area contributed by atoms with Crippen molar-refractivity contribution < 1.29 is 9.59 Å². The Balaban J connectivity index is 1.72. The Bertz CT molecular complexity index is 567. The van der Waals surface area contributed by atoms with E-state index >= 15 is 0 Å². The third kappa shape index (κ3) is 3.05. The van der Waals surface area contributed by atoms with Crippen LogP contribution < -0.4 is 0 Å². The van der Waals surface area contributed by atoms with Crippen molar-refractivity contribution in [3.05, 3.63) is 21.4 Å². The SMILES string of the molecule is CCCN1CCN(C(=O)c2csc3c2CCCC3)CCC1=O. The van der Waals surface area contributed by atoms with Gasteiger partial charge in [-0.15, -0.1) is 11.3 Å². The van der Waals surface area contributed by atoms with E-state index in [2.05, 4.69) is 6.92 Å². The van der Waals surface area contributed by atoms with E-state index in [1.54, 1.807) is 11.3 Å². The van der Waals surface area contributed by atoms with Gasteiger partial charge in [0.05, 0.1) is 5.56 Å². The Hall–Kier alpha value is -1.36. The van der Waals surface area contributed by atoms with Gasteiger partial charge < -0.3 is 9.80 Å². The van der Waals surface area contributed by atoms with Crippen LogP contribution in [0.25, 0.3) is 0 Å². The average molecular weight is 320 g/mol. The highest BCUT2D eigenvalue weighted by molar-refractivity contribution is 7.10. The molecule has 0 atom stereocenters. The van der Waals surface area contributed by atoms with E-state index in [1.807, 2.05) is 15.2 Å². The molecule has 0 N–H and O–H groups in total. The molecule has 22 heavy (non-hydrogen) atoms. The number of aryl methyl sites for hydroxylation is 1. The van der Waals surface area contributed by atoms with Crippen LogP contribution in [0.4, 0.5) is 0 Å². The number of rotatable bonds is 3. The molecule has 0 radical (unpaired) electrons. The lowest BCUT2D eigenvalue weighted by atomic mass is 9.95. The van der Waals surface area contributed by atoms with E-state index in [9.17, 15) is 9.59 Å². The van der Waals surface area contributed by atoms with Crippen LogP contribution in [0.2, 0.25) is 0 Å². The van der Waals surface area contributed by atoms with Crippen LogP contribution in [0.15, 0.2) is 5.38 Å². The quantitative estimate of drug-likeness (QED) is 0.859. The predicted octanol–water partition coefficient (Wildman–Crippen LogP) is 2.71. The van der Waals surface area contributed by atoms with Gasteiger partial charge in [0.2, 0.25) is 5.91 Å². The van der Waals surface area contributed by atoms with Gasteiger partial charge in [0.15, 0.2) is 0 Å². The van der Waals surface area contributed by atoms with Crippen molar-refractivity contribution in [3.8, 4) is 0 Å². The van der Waals surface area contributed by atoms with E-state index in [-0.39, 0.29) is 11.8 Å². The van der Waals surface area contributed by atoms with Crippen LogP contribution >= 0.6 is 11.3 Å². The molecule has 3 rings (SSSR count). The summed E-state index contributed by atoms with van der Waals surface area (Å²) in [7, 11) is 0. The minimum atomic E-state index is 0.130. The third-order valence-electron chi connectivity index (χ3n) is 4.66. The molecule has 2 aliphatic rings. The van der Waals surface area contributed by atoms with Crippen molar-refractivity contribution >= 4 is 23.2 Å². The lowest BCUT2D eigenvalue weighted by molar-refractivity contribution is -0.130. The highest BCUT2D eigenvalue weighted by Crippen LogP contribution is 2.31. The summed E-state index contributed by atoms with van der Waals surface area (Å²) in [5, 5.41) is 2.04. The highest BCUT2D eigenvalue weighted by Gasteiger charge is 2.27. The molecule has 0 saturated carbocycles. The zero-order valence-electron chi connectivity index (χ0n) is 13.3. The first-order valence-electron chi connectivity index (χ1n) is 8.37. The zero-order chi connectivity index (χ0) is 15.5. The first-order chi connectivity index (χ1) is 10.7. The van der Waals surface area contributed by atoms with Gasteiger partial charge in [-0.3, -0.25) is 9.59 Å². The molecule has 1 aromatic heterocycles. The second kappa shape index (κ2) is 6.82. The molecule has 0 aromatic carbocycles. The maximum absolute atomic E-state index is 12.9. The Labute approximate surface area is 136 Å². The minimum absolute atomic E-state index is 0.130. The molecule has 1 fully saturated rings. The lowest BCUT2D eigenvalue weighted by Crippen LogP contribution is -2.36. The van der Waals surface area contributed by atoms with Crippen LogP contribution in [0.1, 0.15) is 53.4 Å². The van der Waals surface area contributed by atoms with Crippen molar-refractivity contribution in [3.63, 3.8) is 0 Å². The van der Waals surface area contributed by atoms with Crippen LogP contribution in [-0.2, 0) is 17.6 Å². The van der Waals surface area contributed by atoms with E-state index in [0.717, 1.165) is 31.4 Å². The monoisotopic (exact) mass is 320 g/mol. The summed E-state index contributed by atoms with van der Waals surface area (Å²) in [5.41, 5.74) is 2.18. The van der Waals surface area contributed by atoms with Gasteiger partial charge in [-0.2, -0.15) is 0 Å². The number of carbonyl (C=O) groups excluding carboxylic acids is 2. The molecule has 2 heterocycles. The van der Waals surface area contributed by atoms with E-state index in [1.165, 1.54) is 23.3 Å². The molecule has 0 spiro atoms. The first kappa shape index (κ1) is 15.5. The molecule has 1 aliphatic heterocycles. The molecular formula is C17H24N2O2S. The first-order valence-corrected chi connectivity index (χ1v) is 9.25. The van der Waals surface area contributed by atoms with Crippen molar-refractivity contribution in [1.82, 2.24) is 9.80 Å². The van der Waals surface area contributed by atoms with E-state index < -0.39 is 0 Å². The number of amides is 2. The van der Waals surface area contributed by atoms with Crippen LogP contribution in [-0.4, -0.2) is 47.8 Å². The molecule has 1 aromatic rings. The molecule has 4 nitrogen and oxygen atoms in total. The van der Waals surface area contributed by atoms with Gasteiger partial charge in [-0.05, 0) is 37.7 Å². The number of carbonyl (C=O) groups is 2. The molecule has 0 unspecified atom stereocenters. The van der Waals surface area contributed by atoms with Crippen molar-refractivity contribution in [2.75, 3.05) is 26.2 Å². The summed E-state index contributed by atoms with van der Waals surface area (Å²) in [6.07, 6.45) is 6.01. The molecule has 2 amide bonds. The van der Waals surface area contributed by atoms with Gasteiger partial charge >= 0.3 is 0 Å². The third-order valence-corrected chi connectivity index (χ3v) is 5.75. The second-order valence-corrected chi connectivity index (χ2v) is 7.15. The van der Waals surface area contributed by atoms with Crippen molar-refractivity contribution in [1.29, 1.82) is 0 Å². The Morgan fingerprint density at radius 1 is 1.18 bits per heavy atom. The second-order valence-electron chi connectivity index (χ2n) is 6.18. The fourth-order valence-corrected chi connectivity index (χ4v) is 4.54. The number of hydrogen-bond donors (Lipinski definition) is 0. The Morgan fingerprint density at radius 3 is 2.82 bits per heavy atom. The standard InChI is InChI=1S/C17H24N2O2S/c1-2-8-18-10-11-19(9-7-16(18)20)17(21)14-12-22-15-6-4-3-5-13(14)15/h12H,2-11H2,1H3. The summed E-state index contributed by atoms with van der Waals surface area (Å²) < 4.78 is 0. The molecule has 1 saturated heterocycles. The number of nitrogens with zero attached hydrogens (tertiary/aromatic N) is 2. The van der Waals surface area contributed by atoms with E-state index in [4.69, 9.17) is 0 Å². The molecule has 0 bridgehead atoms. The Kier molecular flexibility index (Phi) is 4.81. The highest BCUT2D eigenvalue weighted by atomic mass is 32.1. The summed E-state index contributed by atoms with van der Waals surface area (Å²) in [4.78, 5) is 30.1. The normalized spacial score (nSPS) is 19.0. The van der Waals surface area contributed by atoms with Crippen LogP contribution in [0.3, 0.4) is 0 Å².